The highest BCUT2D eigenvalue weighted by Crippen LogP contribution is 2.26. The molecule has 11 heteroatoms. The van der Waals surface area contributed by atoms with Crippen molar-refractivity contribution in [2.75, 3.05) is 30.0 Å². The summed E-state index contributed by atoms with van der Waals surface area (Å²) in [6.07, 6.45) is 1.98. The Balaban J connectivity index is 1.76. The molecule has 0 spiro atoms. The molecule has 32 heavy (non-hydrogen) atoms. The second-order valence-corrected chi connectivity index (χ2v) is 9.16. The summed E-state index contributed by atoms with van der Waals surface area (Å²) in [5.41, 5.74) is 0.934. The molecule has 3 aromatic rings. The van der Waals surface area contributed by atoms with Gasteiger partial charge in [0.2, 0.25) is 15.9 Å². The molecular weight excluding hydrogens is 442 g/mol. The van der Waals surface area contributed by atoms with Crippen LogP contribution in [0.1, 0.15) is 29.0 Å². The van der Waals surface area contributed by atoms with E-state index in [0.29, 0.717) is 5.56 Å². The molecule has 0 aliphatic carbocycles. The second-order valence-electron chi connectivity index (χ2n) is 7.41. The number of nitrogens with zero attached hydrogens (tertiary/aromatic N) is 2. The maximum atomic E-state index is 14.2. The average Bonchev–Trinajstić information content (AvgIpc) is 3.20. The Bertz CT molecular complexity index is 1240. The van der Waals surface area contributed by atoms with Crippen LogP contribution < -0.4 is 14.9 Å². The zero-order valence-corrected chi connectivity index (χ0v) is 18.6. The first-order valence-electron chi connectivity index (χ1n) is 9.45. The number of sulfonamides is 1. The van der Waals surface area contributed by atoms with E-state index in [-0.39, 0.29) is 17.1 Å². The van der Waals surface area contributed by atoms with Gasteiger partial charge in [0.25, 0.3) is 5.91 Å². The molecule has 2 aromatic carbocycles. The Hall–Kier alpha value is -3.47. The Labute approximate surface area is 184 Å². The van der Waals surface area contributed by atoms with Crippen molar-refractivity contribution in [2.24, 2.45) is 0 Å². The maximum Gasteiger partial charge on any atom is 0.273 e. The van der Waals surface area contributed by atoms with Gasteiger partial charge in [-0.15, -0.1) is 0 Å². The molecule has 3 rings (SSSR count). The zero-order valence-electron chi connectivity index (χ0n) is 17.8. The van der Waals surface area contributed by atoms with E-state index in [0.717, 1.165) is 24.1 Å². The molecule has 0 fully saturated rings. The van der Waals surface area contributed by atoms with Crippen LogP contribution in [0.3, 0.4) is 0 Å². The van der Waals surface area contributed by atoms with Gasteiger partial charge in [0.1, 0.15) is 12.0 Å². The van der Waals surface area contributed by atoms with Gasteiger partial charge in [-0.25, -0.2) is 22.2 Å². The van der Waals surface area contributed by atoms with Crippen molar-refractivity contribution in [3.8, 4) is 11.5 Å². The van der Waals surface area contributed by atoms with E-state index in [2.05, 4.69) is 10.3 Å². The third-order valence-electron chi connectivity index (χ3n) is 4.55. The van der Waals surface area contributed by atoms with E-state index in [1.807, 2.05) is 37.2 Å². The van der Waals surface area contributed by atoms with Crippen molar-refractivity contribution in [1.29, 1.82) is 0 Å². The van der Waals surface area contributed by atoms with Crippen LogP contribution in [0.4, 0.5) is 20.2 Å². The molecule has 0 bridgehead atoms. The lowest BCUT2D eigenvalue weighted by Crippen LogP contribution is -2.27. The summed E-state index contributed by atoms with van der Waals surface area (Å²) in [6, 6.07) is 8.49. The van der Waals surface area contributed by atoms with Gasteiger partial charge in [0, 0.05) is 25.3 Å². The molecule has 1 amide bonds. The van der Waals surface area contributed by atoms with Gasteiger partial charge in [-0.1, -0.05) is 6.07 Å². The summed E-state index contributed by atoms with van der Waals surface area (Å²) >= 11 is 0. The molecule has 8 nitrogen and oxygen atoms in total. The van der Waals surface area contributed by atoms with E-state index in [1.54, 1.807) is 10.8 Å². The Morgan fingerprint density at radius 2 is 1.81 bits per heavy atom. The fourth-order valence-electron chi connectivity index (χ4n) is 2.91. The van der Waals surface area contributed by atoms with E-state index >= 15 is 0 Å². The minimum Gasteiger partial charge on any atom is -0.444 e. The summed E-state index contributed by atoms with van der Waals surface area (Å²) in [5, 5.41) is 2.59. The standard InChI is InChI=1S/C21H22F2N4O4S/c1-12(14-9-16(22)19(17(23)10-14)26-32(4,29)30)24-20(28)18-11-31-21(25-18)13-6-5-7-15(8-13)27(2)3/h5-12,26H,1-4H3,(H,24,28)/t12-/m1/s1. The average molecular weight is 464 g/mol. The predicted octanol–water partition coefficient (Wildman–Crippen LogP) is 3.55. The number of anilines is 2. The number of hydrogen-bond donors (Lipinski definition) is 2. The lowest BCUT2D eigenvalue weighted by atomic mass is 10.1. The summed E-state index contributed by atoms with van der Waals surface area (Å²) in [4.78, 5) is 18.7. The summed E-state index contributed by atoms with van der Waals surface area (Å²) < 4.78 is 58.2. The predicted molar refractivity (Wildman–Crippen MR) is 117 cm³/mol. The summed E-state index contributed by atoms with van der Waals surface area (Å²) in [7, 11) is -0.0731. The van der Waals surface area contributed by atoms with E-state index in [9.17, 15) is 22.0 Å². The molecule has 2 N–H and O–H groups in total. The van der Waals surface area contributed by atoms with Crippen molar-refractivity contribution < 1.29 is 26.4 Å². The fourth-order valence-corrected chi connectivity index (χ4v) is 3.47. The highest BCUT2D eigenvalue weighted by Gasteiger charge is 2.20. The molecule has 0 aliphatic rings. The molecule has 1 aromatic heterocycles. The number of hydrogen-bond acceptors (Lipinski definition) is 6. The minimum absolute atomic E-state index is 0.00147. The molecule has 0 aliphatic heterocycles. The van der Waals surface area contributed by atoms with Gasteiger partial charge >= 0.3 is 0 Å². The maximum absolute atomic E-state index is 14.2. The van der Waals surface area contributed by atoms with Gasteiger partial charge < -0.3 is 14.6 Å². The first kappa shape index (κ1) is 23.2. The molecule has 1 heterocycles. The molecule has 170 valence electrons. The van der Waals surface area contributed by atoms with Gasteiger partial charge in [-0.3, -0.25) is 9.52 Å². The minimum atomic E-state index is -3.86. The van der Waals surface area contributed by atoms with E-state index < -0.39 is 39.3 Å². The second kappa shape index (κ2) is 8.95. The van der Waals surface area contributed by atoms with Crippen LogP contribution in [-0.2, 0) is 10.0 Å². The SMILES string of the molecule is C[C@@H](NC(=O)c1coc(-c2cccc(N(C)C)c2)n1)c1cc(F)c(NS(C)(=O)=O)c(F)c1. The number of halogens is 2. The van der Waals surface area contributed by atoms with E-state index in [4.69, 9.17) is 4.42 Å². The van der Waals surface area contributed by atoms with Gasteiger partial charge in [-0.2, -0.15) is 0 Å². The van der Waals surface area contributed by atoms with Crippen molar-refractivity contribution in [2.45, 2.75) is 13.0 Å². The highest BCUT2D eigenvalue weighted by molar-refractivity contribution is 7.92. The quantitative estimate of drug-likeness (QED) is 0.554. The first-order valence-corrected chi connectivity index (χ1v) is 11.3. The molecule has 0 unspecified atom stereocenters. The molecule has 0 saturated heterocycles. The van der Waals surface area contributed by atoms with Gasteiger partial charge in [-0.05, 0) is 42.8 Å². The Kier molecular flexibility index (Phi) is 6.49. The van der Waals surface area contributed by atoms with Crippen LogP contribution in [0.2, 0.25) is 0 Å². The number of amides is 1. The number of nitrogens with one attached hydrogen (secondary N) is 2. The molecule has 1 atom stereocenters. The largest absolute Gasteiger partial charge is 0.444 e. The molecule has 0 radical (unpaired) electrons. The number of carbonyl (C=O) groups excluding carboxylic acids is 1. The van der Waals surface area contributed by atoms with E-state index in [1.165, 1.54) is 13.2 Å². The lowest BCUT2D eigenvalue weighted by Gasteiger charge is -2.15. The third-order valence-corrected chi connectivity index (χ3v) is 5.12. The number of benzene rings is 2. The lowest BCUT2D eigenvalue weighted by molar-refractivity contribution is 0.0934. The Morgan fingerprint density at radius 1 is 1.16 bits per heavy atom. The molecule has 0 saturated carbocycles. The molecular formula is C21H22F2N4O4S. The number of carbonyl (C=O) groups is 1. The van der Waals surface area contributed by atoms with Crippen molar-refractivity contribution in [1.82, 2.24) is 10.3 Å². The zero-order chi connectivity index (χ0) is 23.6. The van der Waals surface area contributed by atoms with Crippen LogP contribution in [0.5, 0.6) is 0 Å². The third kappa shape index (κ3) is 5.41. The normalized spacial score (nSPS) is 12.3. The van der Waals surface area contributed by atoms with Crippen LogP contribution in [0.15, 0.2) is 47.1 Å². The smallest absolute Gasteiger partial charge is 0.273 e. The number of rotatable bonds is 7. The van der Waals surface area contributed by atoms with Gasteiger partial charge in [0.15, 0.2) is 17.3 Å². The van der Waals surface area contributed by atoms with Crippen molar-refractivity contribution in [3.63, 3.8) is 0 Å². The van der Waals surface area contributed by atoms with Crippen LogP contribution in [-0.4, -0.2) is 39.7 Å². The fraction of sp³-hybridized carbons (Fsp3) is 0.238. The highest BCUT2D eigenvalue weighted by atomic mass is 32.2. The van der Waals surface area contributed by atoms with Crippen LogP contribution in [0, 0.1) is 11.6 Å². The van der Waals surface area contributed by atoms with Crippen molar-refractivity contribution in [3.05, 3.63) is 65.6 Å². The number of aromatic nitrogens is 1. The first-order chi connectivity index (χ1) is 14.9. The van der Waals surface area contributed by atoms with Gasteiger partial charge in [0.05, 0.1) is 12.3 Å². The number of oxazole rings is 1. The summed E-state index contributed by atoms with van der Waals surface area (Å²) in [6.45, 7) is 1.53. The topological polar surface area (TPSA) is 105 Å². The monoisotopic (exact) mass is 464 g/mol. The van der Waals surface area contributed by atoms with Crippen LogP contribution in [0.25, 0.3) is 11.5 Å². The Morgan fingerprint density at radius 3 is 2.41 bits per heavy atom. The van der Waals surface area contributed by atoms with Crippen molar-refractivity contribution >= 4 is 27.3 Å². The summed E-state index contributed by atoms with van der Waals surface area (Å²) in [5.74, 6) is -2.55. The van der Waals surface area contributed by atoms with Crippen LogP contribution >= 0.6 is 0 Å².